The molecule has 0 aliphatic heterocycles. The van der Waals surface area contributed by atoms with E-state index in [1.165, 1.54) is 6.42 Å². The molecule has 1 fully saturated rings. The first-order valence-corrected chi connectivity index (χ1v) is 9.95. The molecule has 0 N–H and O–H groups in total. The Morgan fingerprint density at radius 2 is 1.82 bits per heavy atom. The van der Waals surface area contributed by atoms with Crippen LogP contribution in [0.25, 0.3) is 6.08 Å². The number of rotatable bonds is 9. The molecule has 6 nitrogen and oxygen atoms in total. The number of benzene rings is 1. The van der Waals surface area contributed by atoms with Gasteiger partial charge in [0, 0.05) is 18.7 Å². The van der Waals surface area contributed by atoms with Crippen LogP contribution < -0.4 is 9.47 Å². The van der Waals surface area contributed by atoms with Crippen LogP contribution in [0.5, 0.6) is 11.5 Å². The van der Waals surface area contributed by atoms with Crippen molar-refractivity contribution in [3.63, 3.8) is 0 Å². The minimum absolute atomic E-state index is 0.0778. The van der Waals surface area contributed by atoms with Crippen LogP contribution >= 0.6 is 0 Å². The molecule has 6 heteroatoms. The summed E-state index contributed by atoms with van der Waals surface area (Å²) in [5.74, 6) is 0.916. The molecule has 0 spiro atoms. The topological polar surface area (TPSA) is 65.1 Å². The molecule has 28 heavy (non-hydrogen) atoms. The Bertz CT molecular complexity index is 680. The number of amides is 1. The van der Waals surface area contributed by atoms with Gasteiger partial charge in [0.25, 0.3) is 0 Å². The molecule has 1 saturated carbocycles. The molecule has 0 bridgehead atoms. The van der Waals surface area contributed by atoms with Gasteiger partial charge in [0.15, 0.2) is 11.5 Å². The van der Waals surface area contributed by atoms with Gasteiger partial charge in [-0.05, 0) is 43.5 Å². The van der Waals surface area contributed by atoms with E-state index in [-0.39, 0.29) is 24.3 Å². The van der Waals surface area contributed by atoms with E-state index >= 15 is 0 Å². The van der Waals surface area contributed by atoms with E-state index < -0.39 is 0 Å². The number of esters is 1. The predicted molar refractivity (Wildman–Crippen MR) is 108 cm³/mol. The van der Waals surface area contributed by atoms with Gasteiger partial charge in [-0.3, -0.25) is 9.59 Å². The number of nitrogens with zero attached hydrogens (tertiary/aromatic N) is 1. The van der Waals surface area contributed by atoms with E-state index in [9.17, 15) is 9.59 Å². The highest BCUT2D eigenvalue weighted by Crippen LogP contribution is 2.28. The molecule has 0 radical (unpaired) electrons. The minimum Gasteiger partial charge on any atom is -0.493 e. The molecule has 0 atom stereocenters. The Kier molecular flexibility index (Phi) is 8.85. The zero-order chi connectivity index (χ0) is 20.4. The van der Waals surface area contributed by atoms with Crippen LogP contribution in [0.4, 0.5) is 0 Å². The molecule has 1 aromatic rings. The van der Waals surface area contributed by atoms with Crippen LogP contribution in [-0.4, -0.2) is 50.2 Å². The van der Waals surface area contributed by atoms with Gasteiger partial charge in [-0.25, -0.2) is 0 Å². The van der Waals surface area contributed by atoms with Crippen LogP contribution in [0.15, 0.2) is 24.3 Å². The van der Waals surface area contributed by atoms with Crippen molar-refractivity contribution < 1.29 is 23.8 Å². The summed E-state index contributed by atoms with van der Waals surface area (Å²) in [4.78, 5) is 26.5. The van der Waals surface area contributed by atoms with E-state index in [1.807, 2.05) is 23.1 Å². The van der Waals surface area contributed by atoms with E-state index in [0.29, 0.717) is 24.7 Å². The predicted octanol–water partition coefficient (Wildman–Crippen LogP) is 3.83. The molecule has 0 unspecified atom stereocenters. The lowest BCUT2D eigenvalue weighted by molar-refractivity contribution is -0.144. The maximum atomic E-state index is 12.9. The molecule has 2 rings (SSSR count). The molecule has 1 aromatic carbocycles. The highest BCUT2D eigenvalue weighted by Gasteiger charge is 2.24. The largest absolute Gasteiger partial charge is 0.493 e. The standard InChI is InChI=1S/C22H31NO5/c1-4-28-22(25)14-15-23(18-8-6-5-7-9-18)21(24)13-11-17-10-12-19(26-2)20(16-17)27-3/h10-13,16,18H,4-9,14-15H2,1-3H3/b13-11+. The fraction of sp³-hybridized carbons (Fsp3) is 0.545. The van der Waals surface area contributed by atoms with Crippen molar-refractivity contribution in [3.8, 4) is 11.5 Å². The minimum atomic E-state index is -0.264. The third-order valence-corrected chi connectivity index (χ3v) is 4.99. The summed E-state index contributed by atoms with van der Waals surface area (Å²) in [5, 5.41) is 0. The van der Waals surface area contributed by atoms with Crippen molar-refractivity contribution in [2.45, 2.75) is 51.5 Å². The second-order valence-corrected chi connectivity index (χ2v) is 6.83. The summed E-state index contributed by atoms with van der Waals surface area (Å²) >= 11 is 0. The second kappa shape index (κ2) is 11.4. The van der Waals surface area contributed by atoms with Gasteiger partial charge in [0.2, 0.25) is 5.91 Å². The maximum Gasteiger partial charge on any atom is 0.307 e. The van der Waals surface area contributed by atoms with E-state index in [1.54, 1.807) is 33.3 Å². The van der Waals surface area contributed by atoms with Gasteiger partial charge in [0.1, 0.15) is 0 Å². The van der Waals surface area contributed by atoms with Gasteiger partial charge in [0.05, 0.1) is 27.2 Å². The SMILES string of the molecule is CCOC(=O)CCN(C(=O)/C=C/c1ccc(OC)c(OC)c1)C1CCCCC1. The van der Waals surface area contributed by atoms with Crippen molar-refractivity contribution in [1.29, 1.82) is 0 Å². The molecule has 0 heterocycles. The molecule has 0 saturated heterocycles. The normalized spacial score (nSPS) is 14.7. The van der Waals surface area contributed by atoms with E-state index in [2.05, 4.69) is 0 Å². The third kappa shape index (κ3) is 6.29. The van der Waals surface area contributed by atoms with Crippen molar-refractivity contribution in [1.82, 2.24) is 4.90 Å². The number of hydrogen-bond acceptors (Lipinski definition) is 5. The highest BCUT2D eigenvalue weighted by molar-refractivity contribution is 5.92. The second-order valence-electron chi connectivity index (χ2n) is 6.83. The van der Waals surface area contributed by atoms with E-state index in [4.69, 9.17) is 14.2 Å². The third-order valence-electron chi connectivity index (χ3n) is 4.99. The first-order valence-electron chi connectivity index (χ1n) is 9.95. The number of methoxy groups -OCH3 is 2. The summed E-state index contributed by atoms with van der Waals surface area (Å²) in [6, 6.07) is 5.69. The summed E-state index contributed by atoms with van der Waals surface area (Å²) in [6.07, 6.45) is 8.97. The number of ether oxygens (including phenoxy) is 3. The monoisotopic (exact) mass is 389 g/mol. The molecular formula is C22H31NO5. The van der Waals surface area contributed by atoms with Crippen LogP contribution in [-0.2, 0) is 14.3 Å². The fourth-order valence-electron chi connectivity index (χ4n) is 3.53. The molecule has 154 valence electrons. The average Bonchev–Trinajstić information content (AvgIpc) is 2.73. The van der Waals surface area contributed by atoms with Gasteiger partial charge >= 0.3 is 5.97 Å². The quantitative estimate of drug-likeness (QED) is 0.474. The average molecular weight is 389 g/mol. The Balaban J connectivity index is 2.09. The highest BCUT2D eigenvalue weighted by atomic mass is 16.5. The molecule has 1 aliphatic rings. The summed E-state index contributed by atoms with van der Waals surface area (Å²) in [6.45, 7) is 2.53. The zero-order valence-electron chi connectivity index (χ0n) is 17.1. The first kappa shape index (κ1) is 21.8. The molecule has 1 amide bonds. The maximum absolute atomic E-state index is 12.9. The molecular weight excluding hydrogens is 358 g/mol. The van der Waals surface area contributed by atoms with Crippen LogP contribution in [0.2, 0.25) is 0 Å². The van der Waals surface area contributed by atoms with Gasteiger partial charge in [-0.2, -0.15) is 0 Å². The lowest BCUT2D eigenvalue weighted by Gasteiger charge is -2.33. The van der Waals surface area contributed by atoms with Crippen molar-refractivity contribution in [2.75, 3.05) is 27.4 Å². The Labute approximate surface area is 167 Å². The number of carbonyl (C=O) groups is 2. The summed E-state index contributed by atoms with van der Waals surface area (Å²) < 4.78 is 15.6. The molecule has 0 aromatic heterocycles. The van der Waals surface area contributed by atoms with Crippen LogP contribution in [0.1, 0.15) is 51.0 Å². The van der Waals surface area contributed by atoms with Crippen LogP contribution in [0.3, 0.4) is 0 Å². The smallest absolute Gasteiger partial charge is 0.307 e. The van der Waals surface area contributed by atoms with Crippen LogP contribution in [0, 0.1) is 0 Å². The zero-order valence-corrected chi connectivity index (χ0v) is 17.1. The Morgan fingerprint density at radius 1 is 1.11 bits per heavy atom. The van der Waals surface area contributed by atoms with Crippen molar-refractivity contribution >= 4 is 18.0 Å². The Morgan fingerprint density at radius 3 is 2.46 bits per heavy atom. The van der Waals surface area contributed by atoms with Gasteiger partial charge < -0.3 is 19.1 Å². The first-order chi connectivity index (χ1) is 13.6. The Hall–Kier alpha value is -2.50. The summed E-state index contributed by atoms with van der Waals surface area (Å²) in [5.41, 5.74) is 0.847. The van der Waals surface area contributed by atoms with Gasteiger partial charge in [-0.15, -0.1) is 0 Å². The van der Waals surface area contributed by atoms with E-state index in [0.717, 1.165) is 31.2 Å². The van der Waals surface area contributed by atoms with Gasteiger partial charge in [-0.1, -0.05) is 25.3 Å². The lowest BCUT2D eigenvalue weighted by atomic mass is 9.94. The number of carbonyl (C=O) groups excluding carboxylic acids is 2. The number of hydrogen-bond donors (Lipinski definition) is 0. The van der Waals surface area contributed by atoms with Crippen molar-refractivity contribution in [2.24, 2.45) is 0 Å². The van der Waals surface area contributed by atoms with Crippen molar-refractivity contribution in [3.05, 3.63) is 29.8 Å². The summed E-state index contributed by atoms with van der Waals surface area (Å²) in [7, 11) is 3.17. The lowest BCUT2D eigenvalue weighted by Crippen LogP contribution is -2.42. The molecule has 1 aliphatic carbocycles. The fourth-order valence-corrected chi connectivity index (χ4v) is 3.53.